The summed E-state index contributed by atoms with van der Waals surface area (Å²) in [5, 5.41) is 13.4. The molecule has 0 aliphatic carbocycles. The molecule has 0 unspecified atom stereocenters. The van der Waals surface area contributed by atoms with Crippen LogP contribution in [0, 0.1) is 0 Å². The Morgan fingerprint density at radius 1 is 1.03 bits per heavy atom. The molecule has 4 aromatic rings. The van der Waals surface area contributed by atoms with Crippen LogP contribution in [0.1, 0.15) is 0 Å². The van der Waals surface area contributed by atoms with Crippen LogP contribution in [0.2, 0.25) is 0 Å². The lowest BCUT2D eigenvalue weighted by atomic mass is 10.1. The topological polar surface area (TPSA) is 71.3 Å². The van der Waals surface area contributed by atoms with Crippen LogP contribution < -0.4 is 15.0 Å². The van der Waals surface area contributed by atoms with Gasteiger partial charge in [-0.25, -0.2) is 4.98 Å². The highest BCUT2D eigenvalue weighted by Crippen LogP contribution is 2.33. The number of nitrogens with zero attached hydrogens (tertiary/aromatic N) is 3. The molecule has 0 bridgehead atoms. The van der Waals surface area contributed by atoms with E-state index in [2.05, 4.69) is 39.5 Å². The molecule has 1 aliphatic heterocycles. The first-order valence-electron chi connectivity index (χ1n) is 10.3. The third kappa shape index (κ3) is 3.75. The number of phenolic OH excluding ortho intramolecular Hbond substituents is 1. The van der Waals surface area contributed by atoms with Gasteiger partial charge in [0.25, 0.3) is 0 Å². The average molecular weight is 416 g/mol. The first kappa shape index (κ1) is 19.3. The minimum atomic E-state index is 0.118. The molecule has 0 atom stereocenters. The molecular weight excluding hydrogens is 392 g/mol. The number of imidazole rings is 1. The molecule has 7 heteroatoms. The van der Waals surface area contributed by atoms with E-state index in [-0.39, 0.29) is 5.75 Å². The average Bonchev–Trinajstić information content (AvgIpc) is 3.31. The third-order valence-electron chi connectivity index (χ3n) is 5.55. The van der Waals surface area contributed by atoms with Gasteiger partial charge in [-0.05, 0) is 54.6 Å². The number of hydrogen-bond donors (Lipinski definition) is 2. The summed E-state index contributed by atoms with van der Waals surface area (Å²) in [6.45, 7) is 3.39. The van der Waals surface area contributed by atoms with Gasteiger partial charge in [-0.15, -0.1) is 0 Å². The van der Waals surface area contributed by atoms with Crippen molar-refractivity contribution in [2.24, 2.45) is 0 Å². The number of nitrogens with one attached hydrogen (secondary N) is 1. The number of aromatic nitrogens is 2. The van der Waals surface area contributed by atoms with Gasteiger partial charge in [0.15, 0.2) is 17.1 Å². The fourth-order valence-electron chi connectivity index (χ4n) is 3.92. The first-order valence-corrected chi connectivity index (χ1v) is 10.3. The second kappa shape index (κ2) is 8.20. The SMILES string of the molecule is COc1cc(-c2ccc(Nc3ccc(N4CCOCC4)cc3)c3nccn23)ccc1O. The zero-order valence-corrected chi connectivity index (χ0v) is 17.3. The Balaban J connectivity index is 1.43. The first-order chi connectivity index (χ1) is 15.2. The summed E-state index contributed by atoms with van der Waals surface area (Å²) in [6, 6.07) is 17.8. The summed E-state index contributed by atoms with van der Waals surface area (Å²) in [7, 11) is 1.54. The van der Waals surface area contributed by atoms with E-state index in [1.54, 1.807) is 19.4 Å². The molecule has 0 radical (unpaired) electrons. The van der Waals surface area contributed by atoms with Crippen LogP contribution in [0.25, 0.3) is 16.9 Å². The van der Waals surface area contributed by atoms with Crippen LogP contribution in [0.5, 0.6) is 11.5 Å². The molecule has 2 N–H and O–H groups in total. The van der Waals surface area contributed by atoms with Crippen LogP contribution in [-0.2, 0) is 4.74 Å². The molecular formula is C24H24N4O3. The van der Waals surface area contributed by atoms with Crippen molar-refractivity contribution in [2.45, 2.75) is 0 Å². The lowest BCUT2D eigenvalue weighted by molar-refractivity contribution is 0.122. The van der Waals surface area contributed by atoms with Gasteiger partial charge in [-0.2, -0.15) is 0 Å². The zero-order chi connectivity index (χ0) is 21.2. The quantitative estimate of drug-likeness (QED) is 0.506. The Bertz CT molecular complexity index is 1200. The Morgan fingerprint density at radius 3 is 2.61 bits per heavy atom. The highest BCUT2D eigenvalue weighted by atomic mass is 16.5. The van der Waals surface area contributed by atoms with E-state index in [4.69, 9.17) is 9.47 Å². The van der Waals surface area contributed by atoms with Crippen LogP contribution in [0.15, 0.2) is 67.0 Å². The maximum Gasteiger partial charge on any atom is 0.161 e. The molecule has 0 saturated carbocycles. The van der Waals surface area contributed by atoms with E-state index in [1.807, 2.05) is 34.9 Å². The minimum Gasteiger partial charge on any atom is -0.504 e. The number of anilines is 3. The summed E-state index contributed by atoms with van der Waals surface area (Å²) in [4.78, 5) is 6.88. The van der Waals surface area contributed by atoms with E-state index in [9.17, 15) is 5.11 Å². The van der Waals surface area contributed by atoms with Crippen molar-refractivity contribution in [1.82, 2.24) is 9.38 Å². The largest absolute Gasteiger partial charge is 0.504 e. The van der Waals surface area contributed by atoms with E-state index in [0.717, 1.165) is 54.6 Å². The number of phenols is 1. The number of pyridine rings is 1. The number of benzene rings is 2. The van der Waals surface area contributed by atoms with Gasteiger partial charge in [0, 0.05) is 42.4 Å². The van der Waals surface area contributed by atoms with Crippen LogP contribution in [0.4, 0.5) is 17.1 Å². The van der Waals surface area contributed by atoms with Gasteiger partial charge in [0.2, 0.25) is 0 Å². The monoisotopic (exact) mass is 416 g/mol. The van der Waals surface area contributed by atoms with Crippen molar-refractivity contribution < 1.29 is 14.6 Å². The maximum absolute atomic E-state index is 9.90. The highest BCUT2D eigenvalue weighted by Gasteiger charge is 2.13. The third-order valence-corrected chi connectivity index (χ3v) is 5.55. The van der Waals surface area contributed by atoms with Crippen molar-refractivity contribution in [2.75, 3.05) is 43.6 Å². The molecule has 158 valence electrons. The lowest BCUT2D eigenvalue weighted by Crippen LogP contribution is -2.36. The fourth-order valence-corrected chi connectivity index (χ4v) is 3.92. The molecule has 5 rings (SSSR count). The van der Waals surface area contributed by atoms with Crippen molar-refractivity contribution in [3.63, 3.8) is 0 Å². The number of aromatic hydroxyl groups is 1. The second-order valence-corrected chi connectivity index (χ2v) is 7.41. The number of methoxy groups -OCH3 is 1. The number of morpholine rings is 1. The molecule has 31 heavy (non-hydrogen) atoms. The number of hydrogen-bond acceptors (Lipinski definition) is 6. The van der Waals surface area contributed by atoms with Gasteiger partial charge in [0.1, 0.15) is 0 Å². The van der Waals surface area contributed by atoms with Crippen molar-refractivity contribution in [1.29, 1.82) is 0 Å². The molecule has 2 aromatic carbocycles. The fraction of sp³-hybridized carbons (Fsp3) is 0.208. The zero-order valence-electron chi connectivity index (χ0n) is 17.3. The predicted octanol–water partition coefficient (Wildman–Crippen LogP) is 4.30. The second-order valence-electron chi connectivity index (χ2n) is 7.41. The van der Waals surface area contributed by atoms with Crippen LogP contribution in [-0.4, -0.2) is 47.9 Å². The summed E-state index contributed by atoms with van der Waals surface area (Å²) >= 11 is 0. The van der Waals surface area contributed by atoms with Crippen LogP contribution >= 0.6 is 0 Å². The van der Waals surface area contributed by atoms with Gasteiger partial charge < -0.3 is 24.8 Å². The summed E-state index contributed by atoms with van der Waals surface area (Å²) in [6.07, 6.45) is 3.71. The molecule has 2 aromatic heterocycles. The Kier molecular flexibility index (Phi) is 5.09. The number of rotatable bonds is 5. The molecule has 1 fully saturated rings. The Morgan fingerprint density at radius 2 is 1.84 bits per heavy atom. The van der Waals surface area contributed by atoms with Gasteiger partial charge in [-0.3, -0.25) is 4.40 Å². The Labute approximate surface area is 180 Å². The van der Waals surface area contributed by atoms with Crippen molar-refractivity contribution >= 4 is 22.7 Å². The molecule has 1 aliphatic rings. The van der Waals surface area contributed by atoms with Gasteiger partial charge in [0.05, 0.1) is 31.7 Å². The van der Waals surface area contributed by atoms with Crippen molar-refractivity contribution in [3.8, 4) is 22.8 Å². The maximum atomic E-state index is 9.90. The summed E-state index contributed by atoms with van der Waals surface area (Å²) < 4.78 is 12.7. The normalized spacial score (nSPS) is 14.0. The van der Waals surface area contributed by atoms with E-state index < -0.39 is 0 Å². The molecule has 0 spiro atoms. The molecule has 3 heterocycles. The molecule has 1 saturated heterocycles. The molecule has 7 nitrogen and oxygen atoms in total. The predicted molar refractivity (Wildman–Crippen MR) is 122 cm³/mol. The smallest absolute Gasteiger partial charge is 0.161 e. The van der Waals surface area contributed by atoms with E-state index in [1.165, 1.54) is 5.69 Å². The minimum absolute atomic E-state index is 0.118. The number of ether oxygens (including phenoxy) is 2. The highest BCUT2D eigenvalue weighted by molar-refractivity contribution is 5.79. The summed E-state index contributed by atoms with van der Waals surface area (Å²) in [5.41, 5.74) is 5.83. The molecule has 0 amide bonds. The van der Waals surface area contributed by atoms with Gasteiger partial charge in [-0.1, -0.05) is 0 Å². The van der Waals surface area contributed by atoms with Gasteiger partial charge >= 0.3 is 0 Å². The summed E-state index contributed by atoms with van der Waals surface area (Å²) in [5.74, 6) is 0.556. The Hall–Kier alpha value is -3.71. The van der Waals surface area contributed by atoms with E-state index >= 15 is 0 Å². The number of fused-ring (bicyclic) bond motifs is 1. The van der Waals surface area contributed by atoms with Crippen molar-refractivity contribution in [3.05, 3.63) is 67.0 Å². The van der Waals surface area contributed by atoms with Crippen LogP contribution in [0.3, 0.4) is 0 Å². The standard InChI is InChI=1S/C24H24N4O3/c1-30-23-16-17(2-9-22(23)29)21-8-7-20(24-25-10-11-28(21)24)26-18-3-5-19(6-4-18)27-12-14-31-15-13-27/h2-11,16,26,29H,12-15H2,1H3. The lowest BCUT2D eigenvalue weighted by Gasteiger charge is -2.29. The van der Waals surface area contributed by atoms with E-state index in [0.29, 0.717) is 5.75 Å².